The Hall–Kier alpha value is -3.95. The second kappa shape index (κ2) is 10.4. The van der Waals surface area contributed by atoms with Gasteiger partial charge in [0.25, 0.3) is 5.91 Å². The van der Waals surface area contributed by atoms with Gasteiger partial charge in [-0.1, -0.05) is 11.3 Å². The van der Waals surface area contributed by atoms with E-state index >= 15 is 0 Å². The van der Waals surface area contributed by atoms with Crippen molar-refractivity contribution in [3.05, 3.63) is 53.6 Å². The number of rotatable bonds is 8. The number of carbonyl (C=O) groups excluding carboxylic acids is 3. The van der Waals surface area contributed by atoms with Crippen molar-refractivity contribution in [2.24, 2.45) is 0 Å². The van der Waals surface area contributed by atoms with Gasteiger partial charge in [-0.25, -0.2) is 14.3 Å². The molecule has 0 unspecified atom stereocenters. The van der Waals surface area contributed by atoms with Crippen LogP contribution in [0, 0.1) is 0 Å². The molecular weight excluding hydrogens is 412 g/mol. The van der Waals surface area contributed by atoms with Gasteiger partial charge in [0, 0.05) is 23.8 Å². The van der Waals surface area contributed by atoms with Crippen molar-refractivity contribution < 1.29 is 19.1 Å². The fraction of sp³-hybridized carbons (Fsp3) is 0.318. The van der Waals surface area contributed by atoms with E-state index in [1.807, 2.05) is 13.8 Å². The number of esters is 1. The third kappa shape index (κ3) is 5.81. The lowest BCUT2D eigenvalue weighted by Crippen LogP contribution is -2.31. The molecule has 1 aromatic heterocycles. The highest BCUT2D eigenvalue weighted by Crippen LogP contribution is 2.14. The van der Waals surface area contributed by atoms with Crippen molar-refractivity contribution in [2.75, 3.05) is 18.5 Å². The van der Waals surface area contributed by atoms with Crippen LogP contribution < -0.4 is 16.0 Å². The van der Waals surface area contributed by atoms with Gasteiger partial charge in [0.2, 0.25) is 0 Å². The van der Waals surface area contributed by atoms with E-state index in [1.54, 1.807) is 54.1 Å². The van der Waals surface area contributed by atoms with Crippen molar-refractivity contribution in [2.45, 2.75) is 33.4 Å². The Bertz CT molecular complexity index is 1120. The van der Waals surface area contributed by atoms with Gasteiger partial charge in [-0.3, -0.25) is 4.79 Å². The van der Waals surface area contributed by atoms with Crippen LogP contribution in [0.5, 0.6) is 0 Å². The third-order valence-corrected chi connectivity index (χ3v) is 4.44. The zero-order valence-corrected chi connectivity index (χ0v) is 18.2. The number of hydrogen-bond acceptors (Lipinski definition) is 6. The van der Waals surface area contributed by atoms with Crippen LogP contribution >= 0.6 is 0 Å². The fourth-order valence-corrected chi connectivity index (χ4v) is 3.01. The summed E-state index contributed by atoms with van der Waals surface area (Å²) in [6, 6.07) is 11.3. The largest absolute Gasteiger partial charge is 0.462 e. The number of amides is 3. The minimum atomic E-state index is -0.445. The van der Waals surface area contributed by atoms with Gasteiger partial charge in [0.05, 0.1) is 24.2 Å². The maximum Gasteiger partial charge on any atom is 0.338 e. The van der Waals surface area contributed by atoms with Crippen LogP contribution in [0.2, 0.25) is 0 Å². The Balaban J connectivity index is 1.55. The number of carbonyl (C=O) groups is 3. The predicted octanol–water partition coefficient (Wildman–Crippen LogP) is 2.57. The second-order valence-electron chi connectivity index (χ2n) is 7.33. The number of anilines is 1. The molecule has 0 fully saturated rings. The highest BCUT2D eigenvalue weighted by atomic mass is 16.5. The lowest BCUT2D eigenvalue weighted by molar-refractivity contribution is 0.0526. The minimum Gasteiger partial charge on any atom is -0.462 e. The molecule has 0 saturated carbocycles. The molecule has 0 saturated heterocycles. The Labute approximate surface area is 185 Å². The van der Waals surface area contributed by atoms with Crippen LogP contribution in [0.25, 0.3) is 11.0 Å². The van der Waals surface area contributed by atoms with Crippen LogP contribution in [-0.4, -0.2) is 52.1 Å². The Kier molecular flexibility index (Phi) is 7.37. The summed E-state index contributed by atoms with van der Waals surface area (Å²) in [4.78, 5) is 36.1. The SMILES string of the molecule is CCOC(=O)c1cccc(NC(=O)NCCn2nnc3cc(C(=O)NC(C)C)ccc32)c1. The molecule has 0 spiro atoms. The molecule has 0 aliphatic rings. The number of hydrogen-bond donors (Lipinski definition) is 3. The van der Waals surface area contributed by atoms with Crippen molar-refractivity contribution >= 4 is 34.6 Å². The van der Waals surface area contributed by atoms with E-state index in [2.05, 4.69) is 26.3 Å². The molecule has 3 N–H and O–H groups in total. The van der Waals surface area contributed by atoms with Crippen LogP contribution in [-0.2, 0) is 11.3 Å². The molecule has 0 bridgehead atoms. The summed E-state index contributed by atoms with van der Waals surface area (Å²) in [6.07, 6.45) is 0. The van der Waals surface area contributed by atoms with E-state index in [9.17, 15) is 14.4 Å². The summed E-state index contributed by atoms with van der Waals surface area (Å²) in [6.45, 7) is 6.50. The number of nitrogens with zero attached hydrogens (tertiary/aromatic N) is 3. The highest BCUT2D eigenvalue weighted by molar-refractivity contribution is 5.97. The van der Waals surface area contributed by atoms with Crippen molar-refractivity contribution in [1.82, 2.24) is 25.6 Å². The van der Waals surface area contributed by atoms with E-state index in [1.165, 1.54) is 0 Å². The average Bonchev–Trinajstić information content (AvgIpc) is 3.16. The molecule has 0 radical (unpaired) electrons. The highest BCUT2D eigenvalue weighted by Gasteiger charge is 2.12. The summed E-state index contributed by atoms with van der Waals surface area (Å²) >= 11 is 0. The number of nitrogens with one attached hydrogen (secondary N) is 3. The molecule has 10 heteroatoms. The van der Waals surface area contributed by atoms with E-state index < -0.39 is 12.0 Å². The summed E-state index contributed by atoms with van der Waals surface area (Å²) in [5.41, 5.74) is 2.71. The molecule has 3 amide bonds. The van der Waals surface area contributed by atoms with Gasteiger partial charge in [0.15, 0.2) is 0 Å². The second-order valence-corrected chi connectivity index (χ2v) is 7.33. The monoisotopic (exact) mass is 438 g/mol. The molecule has 0 atom stereocenters. The molecule has 2 aromatic carbocycles. The summed E-state index contributed by atoms with van der Waals surface area (Å²) < 4.78 is 6.62. The maximum absolute atomic E-state index is 12.2. The van der Waals surface area contributed by atoms with Gasteiger partial charge in [-0.2, -0.15) is 0 Å². The molecule has 168 valence electrons. The van der Waals surface area contributed by atoms with Gasteiger partial charge >= 0.3 is 12.0 Å². The Morgan fingerprint density at radius 1 is 1.09 bits per heavy atom. The number of benzene rings is 2. The fourth-order valence-electron chi connectivity index (χ4n) is 3.01. The van der Waals surface area contributed by atoms with Crippen LogP contribution in [0.15, 0.2) is 42.5 Å². The molecule has 0 aliphatic carbocycles. The summed E-state index contributed by atoms with van der Waals surface area (Å²) in [5.74, 6) is -0.610. The molecule has 1 heterocycles. The number of urea groups is 1. The summed E-state index contributed by atoms with van der Waals surface area (Å²) in [7, 11) is 0. The number of fused-ring (bicyclic) bond motifs is 1. The van der Waals surface area contributed by atoms with Crippen molar-refractivity contribution in [3.63, 3.8) is 0 Å². The van der Waals surface area contributed by atoms with E-state index in [0.29, 0.717) is 35.4 Å². The molecule has 10 nitrogen and oxygen atoms in total. The van der Waals surface area contributed by atoms with E-state index in [-0.39, 0.29) is 18.6 Å². The molecule has 3 rings (SSSR count). The normalized spacial score (nSPS) is 10.8. The Morgan fingerprint density at radius 3 is 2.66 bits per heavy atom. The van der Waals surface area contributed by atoms with E-state index in [0.717, 1.165) is 5.52 Å². The predicted molar refractivity (Wildman–Crippen MR) is 120 cm³/mol. The zero-order valence-electron chi connectivity index (χ0n) is 18.2. The molecule has 0 aliphatic heterocycles. The van der Waals surface area contributed by atoms with Gasteiger partial charge < -0.3 is 20.7 Å². The quantitative estimate of drug-likeness (QED) is 0.464. The van der Waals surface area contributed by atoms with E-state index in [4.69, 9.17) is 4.74 Å². The van der Waals surface area contributed by atoms with Crippen molar-refractivity contribution in [3.8, 4) is 0 Å². The number of aromatic nitrogens is 3. The first-order valence-corrected chi connectivity index (χ1v) is 10.3. The minimum absolute atomic E-state index is 0.0405. The van der Waals surface area contributed by atoms with Crippen LogP contribution in [0.4, 0.5) is 10.5 Å². The maximum atomic E-state index is 12.2. The molecule has 32 heavy (non-hydrogen) atoms. The molecule has 3 aromatic rings. The van der Waals surface area contributed by atoms with Gasteiger partial charge in [-0.05, 0) is 57.2 Å². The van der Waals surface area contributed by atoms with Crippen LogP contribution in [0.3, 0.4) is 0 Å². The standard InChI is InChI=1S/C22H26N6O4/c1-4-32-21(30)16-6-5-7-17(12-16)25-22(31)23-10-11-28-19-9-8-15(13-18(19)26-27-28)20(29)24-14(2)3/h5-9,12-14H,4,10-11H2,1-3H3,(H,24,29)(H2,23,25,31). The summed E-state index contributed by atoms with van der Waals surface area (Å²) in [5, 5.41) is 16.5. The third-order valence-electron chi connectivity index (χ3n) is 4.44. The lowest BCUT2D eigenvalue weighted by atomic mass is 10.2. The van der Waals surface area contributed by atoms with Crippen LogP contribution in [0.1, 0.15) is 41.5 Å². The zero-order chi connectivity index (χ0) is 23.1. The smallest absolute Gasteiger partial charge is 0.338 e. The lowest BCUT2D eigenvalue weighted by Gasteiger charge is -2.09. The Morgan fingerprint density at radius 2 is 1.91 bits per heavy atom. The topological polar surface area (TPSA) is 127 Å². The van der Waals surface area contributed by atoms with Gasteiger partial charge in [0.1, 0.15) is 5.52 Å². The first-order chi connectivity index (χ1) is 15.4. The van der Waals surface area contributed by atoms with Gasteiger partial charge in [-0.15, -0.1) is 5.10 Å². The first kappa shape index (κ1) is 22.7. The average molecular weight is 438 g/mol. The molecular formula is C22H26N6O4. The number of ether oxygens (including phenoxy) is 1. The van der Waals surface area contributed by atoms with Crippen molar-refractivity contribution in [1.29, 1.82) is 0 Å². The first-order valence-electron chi connectivity index (χ1n) is 10.3.